The molecule has 2 atom stereocenters. The van der Waals surface area contributed by atoms with E-state index in [9.17, 15) is 4.79 Å². The molecule has 1 saturated heterocycles. The monoisotopic (exact) mass is 422 g/mol. The number of amides is 1. The van der Waals surface area contributed by atoms with Gasteiger partial charge in [-0.05, 0) is 55.2 Å². The van der Waals surface area contributed by atoms with Crippen LogP contribution in [0.5, 0.6) is 5.75 Å². The van der Waals surface area contributed by atoms with Gasteiger partial charge in [-0.1, -0.05) is 17.7 Å². The number of carbonyl (C=O) groups is 1. The maximum absolute atomic E-state index is 13.1. The Morgan fingerprint density at radius 2 is 2.10 bits per heavy atom. The maximum atomic E-state index is 13.1. The molecule has 0 saturated carbocycles. The molecule has 6 nitrogen and oxygen atoms in total. The molecule has 0 spiro atoms. The zero-order chi connectivity index (χ0) is 21.0. The summed E-state index contributed by atoms with van der Waals surface area (Å²) in [5, 5.41) is 4.93. The predicted molar refractivity (Wildman–Crippen MR) is 115 cm³/mol. The first-order valence-electron chi connectivity index (χ1n) is 10.1. The number of fused-ring (bicyclic) bond motifs is 3. The first-order valence-corrected chi connectivity index (χ1v) is 10.5. The second-order valence-electron chi connectivity index (χ2n) is 8.24. The van der Waals surface area contributed by atoms with Crippen LogP contribution in [-0.2, 0) is 13.5 Å². The average molecular weight is 423 g/mol. The van der Waals surface area contributed by atoms with Gasteiger partial charge in [-0.15, -0.1) is 0 Å². The molecule has 2 aliphatic heterocycles. The first kappa shape index (κ1) is 19.1. The lowest BCUT2D eigenvalue weighted by Gasteiger charge is -2.23. The predicted octanol–water partition coefficient (Wildman–Crippen LogP) is 4.03. The van der Waals surface area contributed by atoms with E-state index in [0.29, 0.717) is 29.3 Å². The van der Waals surface area contributed by atoms with Gasteiger partial charge in [0.1, 0.15) is 11.8 Å². The normalized spacial score (nSPS) is 20.1. The molecule has 4 heterocycles. The molecule has 2 bridgehead atoms. The highest BCUT2D eigenvalue weighted by atomic mass is 35.5. The Morgan fingerprint density at radius 1 is 1.27 bits per heavy atom. The van der Waals surface area contributed by atoms with E-state index in [0.717, 1.165) is 34.5 Å². The van der Waals surface area contributed by atoms with Crippen molar-refractivity contribution in [3.63, 3.8) is 0 Å². The lowest BCUT2D eigenvalue weighted by atomic mass is 9.97. The molecule has 1 aromatic carbocycles. The minimum atomic E-state index is 0.00396. The Morgan fingerprint density at radius 3 is 2.80 bits per heavy atom. The van der Waals surface area contributed by atoms with Gasteiger partial charge in [0.15, 0.2) is 5.75 Å². The number of halogens is 1. The maximum Gasteiger partial charge on any atom is 0.258 e. The zero-order valence-electron chi connectivity index (χ0n) is 17.2. The first-order chi connectivity index (χ1) is 14.4. The highest BCUT2D eigenvalue weighted by Crippen LogP contribution is 2.40. The molecule has 154 valence electrons. The fraction of sp³-hybridized carbons (Fsp3) is 0.348. The highest BCUT2D eigenvalue weighted by Gasteiger charge is 2.40. The van der Waals surface area contributed by atoms with Crippen LogP contribution in [0.2, 0.25) is 5.02 Å². The summed E-state index contributed by atoms with van der Waals surface area (Å²) < 4.78 is 7.91. The Hall–Kier alpha value is -2.86. The number of ether oxygens (including phenoxy) is 1. The van der Waals surface area contributed by atoms with Crippen LogP contribution in [0.25, 0.3) is 11.4 Å². The van der Waals surface area contributed by atoms with Crippen LogP contribution in [0.3, 0.4) is 0 Å². The number of nitrogens with zero attached hydrogens (tertiary/aromatic N) is 4. The lowest BCUT2D eigenvalue weighted by molar-refractivity contribution is 0.0748. The fourth-order valence-corrected chi connectivity index (χ4v) is 4.63. The van der Waals surface area contributed by atoms with Gasteiger partial charge in [-0.25, -0.2) is 0 Å². The van der Waals surface area contributed by atoms with Gasteiger partial charge in [-0.2, -0.15) is 5.10 Å². The fourth-order valence-electron chi connectivity index (χ4n) is 4.36. The Bertz CT molecular complexity index is 1140. The molecule has 5 rings (SSSR count). The van der Waals surface area contributed by atoms with Crippen LogP contribution in [-0.4, -0.2) is 44.3 Å². The van der Waals surface area contributed by atoms with Crippen molar-refractivity contribution in [3.8, 4) is 17.1 Å². The van der Waals surface area contributed by atoms with Crippen molar-refractivity contribution in [2.75, 3.05) is 6.54 Å². The number of carbonyl (C=O) groups excluding carboxylic acids is 1. The van der Waals surface area contributed by atoms with Crippen molar-refractivity contribution in [1.29, 1.82) is 0 Å². The summed E-state index contributed by atoms with van der Waals surface area (Å²) in [5.41, 5.74) is 5.23. The largest absolute Gasteiger partial charge is 0.486 e. The van der Waals surface area contributed by atoms with Gasteiger partial charge in [-0.3, -0.25) is 14.5 Å². The molecule has 3 aromatic rings. The van der Waals surface area contributed by atoms with E-state index in [2.05, 4.69) is 17.0 Å². The summed E-state index contributed by atoms with van der Waals surface area (Å²) in [5.74, 6) is 0.537. The molecular formula is C23H23ClN4O2. The number of pyridine rings is 1. The van der Waals surface area contributed by atoms with Gasteiger partial charge in [0.05, 0.1) is 22.8 Å². The topological polar surface area (TPSA) is 60.2 Å². The van der Waals surface area contributed by atoms with Crippen molar-refractivity contribution in [2.24, 2.45) is 7.05 Å². The summed E-state index contributed by atoms with van der Waals surface area (Å²) >= 11 is 6.68. The van der Waals surface area contributed by atoms with Crippen molar-refractivity contribution in [1.82, 2.24) is 19.7 Å². The number of hydrogen-bond donors (Lipinski definition) is 0. The Balaban J connectivity index is 1.47. The quantitative estimate of drug-likeness (QED) is 0.639. The van der Waals surface area contributed by atoms with Crippen LogP contribution in [0.4, 0.5) is 0 Å². The summed E-state index contributed by atoms with van der Waals surface area (Å²) in [6, 6.07) is 8.08. The van der Waals surface area contributed by atoms with E-state index in [1.165, 1.54) is 0 Å². The lowest BCUT2D eigenvalue weighted by Crippen LogP contribution is -2.33. The minimum Gasteiger partial charge on any atom is -0.486 e. The third-order valence-corrected chi connectivity index (χ3v) is 6.54. The number of rotatable bonds is 3. The number of hydrogen-bond acceptors (Lipinski definition) is 4. The summed E-state index contributed by atoms with van der Waals surface area (Å²) in [6.07, 6.45) is 5.25. The smallest absolute Gasteiger partial charge is 0.258 e. The molecule has 2 aliphatic rings. The third-order valence-electron chi connectivity index (χ3n) is 6.08. The summed E-state index contributed by atoms with van der Waals surface area (Å²) in [4.78, 5) is 19.6. The SMILES string of the molecule is Cc1c(Cc2ccc(-c3ccn(C)n3)nc2)cc2c(c1Cl)OC1C[C@H](C)N(C1)C2=O. The Labute approximate surface area is 180 Å². The summed E-state index contributed by atoms with van der Waals surface area (Å²) in [7, 11) is 1.89. The molecule has 2 aromatic heterocycles. The van der Waals surface area contributed by atoms with Crippen LogP contribution in [0, 0.1) is 6.92 Å². The zero-order valence-corrected chi connectivity index (χ0v) is 18.0. The minimum absolute atomic E-state index is 0.00396. The van der Waals surface area contributed by atoms with Crippen molar-refractivity contribution in [3.05, 3.63) is 63.9 Å². The van der Waals surface area contributed by atoms with Crippen LogP contribution >= 0.6 is 11.6 Å². The number of benzene rings is 1. The van der Waals surface area contributed by atoms with Crippen molar-refractivity contribution in [2.45, 2.75) is 38.8 Å². The Kier molecular flexibility index (Phi) is 4.54. The van der Waals surface area contributed by atoms with E-state index in [1.807, 2.05) is 55.5 Å². The van der Waals surface area contributed by atoms with Crippen molar-refractivity contribution >= 4 is 17.5 Å². The molecule has 1 unspecified atom stereocenters. The second-order valence-corrected chi connectivity index (χ2v) is 8.61. The van der Waals surface area contributed by atoms with Gasteiger partial charge in [0, 0.05) is 31.9 Å². The van der Waals surface area contributed by atoms with Crippen LogP contribution in [0.1, 0.15) is 40.4 Å². The number of aromatic nitrogens is 3. The van der Waals surface area contributed by atoms with Crippen LogP contribution < -0.4 is 4.74 Å². The molecule has 30 heavy (non-hydrogen) atoms. The van der Waals surface area contributed by atoms with E-state index >= 15 is 0 Å². The van der Waals surface area contributed by atoms with E-state index in [4.69, 9.17) is 16.3 Å². The highest BCUT2D eigenvalue weighted by molar-refractivity contribution is 6.33. The van der Waals surface area contributed by atoms with Gasteiger partial charge in [0.2, 0.25) is 0 Å². The number of aryl methyl sites for hydroxylation is 1. The molecule has 7 heteroatoms. The molecule has 0 N–H and O–H groups in total. The van der Waals surface area contributed by atoms with Gasteiger partial charge < -0.3 is 9.64 Å². The average Bonchev–Trinajstić information content (AvgIpc) is 3.29. The standard InChI is InChI=1S/C23H23ClN4O2/c1-13-8-17-12-28(13)23(29)18-10-16(14(2)21(24)22(18)30-17)9-15-4-5-19(25-11-15)20-6-7-27(3)26-20/h4-7,10-11,13,17H,8-9,12H2,1-3H3/t13-,17?/m0/s1. The van der Waals surface area contributed by atoms with Crippen LogP contribution in [0.15, 0.2) is 36.7 Å². The van der Waals surface area contributed by atoms with E-state index in [1.54, 1.807) is 4.68 Å². The third kappa shape index (κ3) is 3.16. The summed E-state index contributed by atoms with van der Waals surface area (Å²) in [6.45, 7) is 4.67. The van der Waals surface area contributed by atoms with Crippen molar-refractivity contribution < 1.29 is 9.53 Å². The molecule has 0 radical (unpaired) electrons. The molecule has 0 aliphatic carbocycles. The van der Waals surface area contributed by atoms with E-state index in [-0.39, 0.29) is 18.1 Å². The molecule has 1 fully saturated rings. The van der Waals surface area contributed by atoms with Gasteiger partial charge in [0.25, 0.3) is 5.91 Å². The van der Waals surface area contributed by atoms with E-state index < -0.39 is 0 Å². The second kappa shape index (κ2) is 7.13. The molecule has 1 amide bonds. The van der Waals surface area contributed by atoms with Gasteiger partial charge >= 0.3 is 0 Å². The molecular weight excluding hydrogens is 400 g/mol.